The monoisotopic (exact) mass is 555 g/mol. The van der Waals surface area contributed by atoms with E-state index in [2.05, 4.69) is 25.9 Å². The van der Waals surface area contributed by atoms with Gasteiger partial charge in [0.05, 0.1) is 28.1 Å². The molecule has 0 aliphatic carbocycles. The average molecular weight is 556 g/mol. The number of ether oxygens (including phenoxy) is 2. The minimum absolute atomic E-state index is 0.00922. The number of esters is 1. The number of hydrogen-bond acceptors (Lipinski definition) is 9. The first-order chi connectivity index (χ1) is 16.1. The first-order valence-corrected chi connectivity index (χ1v) is 11.7. The largest absolute Gasteiger partial charge is 0.481 e. The highest BCUT2D eigenvalue weighted by Gasteiger charge is 2.49. The van der Waals surface area contributed by atoms with Crippen LogP contribution in [-0.4, -0.2) is 61.4 Å². The highest BCUT2D eigenvalue weighted by atomic mass is 79.9. The van der Waals surface area contributed by atoms with Crippen LogP contribution in [0, 0.1) is 16.7 Å². The zero-order valence-electron chi connectivity index (χ0n) is 20.1. The van der Waals surface area contributed by atoms with E-state index in [9.17, 15) is 24.6 Å². The summed E-state index contributed by atoms with van der Waals surface area (Å²) in [5, 5.41) is 20.9. The van der Waals surface area contributed by atoms with Crippen LogP contribution in [0.4, 0.5) is 5.82 Å². The Hall–Kier alpha value is -2.77. The van der Waals surface area contributed by atoms with Gasteiger partial charge in [0.2, 0.25) is 0 Å². The molecule has 0 aromatic carbocycles. The molecule has 3 rings (SSSR count). The molecule has 1 saturated heterocycles. The summed E-state index contributed by atoms with van der Waals surface area (Å²) in [5.41, 5.74) is 9.73. The minimum atomic E-state index is -1.22. The maximum absolute atomic E-state index is 12.3. The first kappa shape index (κ1) is 26.8. The number of amides is 1. The van der Waals surface area contributed by atoms with E-state index in [1.165, 1.54) is 10.9 Å². The van der Waals surface area contributed by atoms with E-state index in [1.807, 2.05) is 0 Å². The summed E-state index contributed by atoms with van der Waals surface area (Å²) in [4.78, 5) is 44.5. The molecule has 35 heavy (non-hydrogen) atoms. The van der Waals surface area contributed by atoms with Crippen molar-refractivity contribution < 1.29 is 34.1 Å². The number of anilines is 1. The number of carboxylic acids is 1. The molecule has 13 heteroatoms. The summed E-state index contributed by atoms with van der Waals surface area (Å²) < 4.78 is 13.1. The van der Waals surface area contributed by atoms with Crippen LogP contribution in [0.25, 0.3) is 11.4 Å². The molecule has 0 bridgehead atoms. The third-order valence-electron chi connectivity index (χ3n) is 6.07. The van der Waals surface area contributed by atoms with Crippen LogP contribution in [0.15, 0.2) is 10.9 Å². The van der Waals surface area contributed by atoms with E-state index in [-0.39, 0.29) is 40.4 Å². The zero-order chi connectivity index (χ0) is 26.5. The summed E-state index contributed by atoms with van der Waals surface area (Å²) in [7, 11) is 0. The van der Waals surface area contributed by atoms with Crippen molar-refractivity contribution in [1.82, 2.24) is 14.5 Å². The standard InChI is InChI=1S/C22H30BrN5O7/c1-21(2,3)20(33)34-7-10-9(6-22(4,5)19(31)32)13(29)18(35-10)28-8-26-15(24)12-11(16(25)30)14(23)27-17(12)28/h8-10,13,18,29H,6-7,24H2,1-5H3,(H2,25,30)(H,31,32). The smallest absolute Gasteiger partial charge is 0.311 e. The number of nitrogen functional groups attached to an aromatic ring is 1. The fourth-order valence-electron chi connectivity index (χ4n) is 3.99. The molecular weight excluding hydrogens is 526 g/mol. The molecule has 4 atom stereocenters. The van der Waals surface area contributed by atoms with Crippen molar-refractivity contribution in [2.45, 2.75) is 59.5 Å². The Morgan fingerprint density at radius 1 is 1.26 bits per heavy atom. The number of aliphatic hydroxyl groups excluding tert-OH is 1. The molecule has 0 spiro atoms. The maximum atomic E-state index is 12.3. The Balaban J connectivity index is 2.01. The molecule has 1 amide bonds. The molecule has 0 aromatic heterocycles. The number of nitrogens with zero attached hydrogens (tertiary/aromatic N) is 3. The number of rotatable bonds is 7. The molecular formula is C22H30BrN5O7. The van der Waals surface area contributed by atoms with Crippen LogP contribution in [0.3, 0.4) is 0 Å². The van der Waals surface area contributed by atoms with E-state index in [4.69, 9.17) is 20.9 Å². The van der Waals surface area contributed by atoms with Crippen molar-refractivity contribution in [1.29, 1.82) is 0 Å². The van der Waals surface area contributed by atoms with Gasteiger partial charge in [0.15, 0.2) is 6.23 Å². The second-order valence-electron chi connectivity index (χ2n) is 10.3. The lowest BCUT2D eigenvalue weighted by atomic mass is 9.79. The number of carbonyl (C=O) groups excluding carboxylic acids is 2. The zero-order valence-corrected chi connectivity index (χ0v) is 21.7. The third-order valence-corrected chi connectivity index (χ3v) is 6.64. The Kier molecular flexibility index (Phi) is 7.17. The Labute approximate surface area is 210 Å². The third kappa shape index (κ3) is 5.11. The molecule has 0 aromatic rings. The molecule has 3 heterocycles. The lowest BCUT2D eigenvalue weighted by Crippen LogP contribution is -2.37. The summed E-state index contributed by atoms with van der Waals surface area (Å²) in [6, 6.07) is 0. The molecule has 12 nitrogen and oxygen atoms in total. The Bertz CT molecular complexity index is 1130. The van der Waals surface area contributed by atoms with Gasteiger partial charge < -0.3 is 31.2 Å². The number of aliphatic carboxylic acids is 1. The van der Waals surface area contributed by atoms with E-state index in [1.54, 1.807) is 34.6 Å². The highest BCUT2D eigenvalue weighted by molar-refractivity contribution is 9.10. The van der Waals surface area contributed by atoms with Crippen molar-refractivity contribution in [2.24, 2.45) is 22.5 Å². The van der Waals surface area contributed by atoms with Crippen LogP contribution in [0.2, 0.25) is 0 Å². The summed E-state index contributed by atoms with van der Waals surface area (Å²) in [6.45, 7) is 8.00. The molecule has 0 radical (unpaired) electrons. The van der Waals surface area contributed by atoms with Crippen LogP contribution < -0.4 is 11.5 Å². The van der Waals surface area contributed by atoms with Gasteiger partial charge in [0, 0.05) is 5.92 Å². The van der Waals surface area contributed by atoms with E-state index < -0.39 is 53.0 Å². The summed E-state index contributed by atoms with van der Waals surface area (Å²) >= 11 is 3.21. The minimum Gasteiger partial charge on any atom is -0.481 e. The topological polar surface area (TPSA) is 193 Å². The highest BCUT2D eigenvalue weighted by Crippen LogP contribution is 2.44. The lowest BCUT2D eigenvalue weighted by molar-refractivity contribution is -0.159. The van der Waals surface area contributed by atoms with E-state index in [0.717, 1.165) is 0 Å². The van der Waals surface area contributed by atoms with Gasteiger partial charge in [0.25, 0.3) is 5.91 Å². The molecule has 1 fully saturated rings. The van der Waals surface area contributed by atoms with Gasteiger partial charge in [-0.2, -0.15) is 0 Å². The van der Waals surface area contributed by atoms with Gasteiger partial charge in [-0.15, -0.1) is 0 Å². The number of halogens is 1. The second-order valence-corrected chi connectivity index (χ2v) is 11.1. The van der Waals surface area contributed by atoms with Crippen molar-refractivity contribution >= 4 is 39.6 Å². The summed E-state index contributed by atoms with van der Waals surface area (Å²) in [5.74, 6) is -2.80. The molecule has 6 N–H and O–H groups in total. The van der Waals surface area contributed by atoms with E-state index in [0.29, 0.717) is 0 Å². The molecule has 4 unspecified atom stereocenters. The fourth-order valence-corrected chi connectivity index (χ4v) is 4.55. The van der Waals surface area contributed by atoms with Crippen LogP contribution >= 0.6 is 15.9 Å². The SMILES string of the molecule is CC(C)(C)C(=O)OCC1OC(n2cnc(N)c3c(C(N)=O)c(Br)nc2-3)C(O)C1CC(C)(C)C(=O)O. The van der Waals surface area contributed by atoms with Gasteiger partial charge in [0.1, 0.15) is 35.3 Å². The van der Waals surface area contributed by atoms with Crippen molar-refractivity contribution in [3.05, 3.63) is 16.5 Å². The predicted molar refractivity (Wildman–Crippen MR) is 127 cm³/mol. The van der Waals surface area contributed by atoms with Crippen molar-refractivity contribution in [3.63, 3.8) is 0 Å². The number of hydrogen-bond donors (Lipinski definition) is 4. The quantitative estimate of drug-likeness (QED) is 0.365. The van der Waals surface area contributed by atoms with Crippen LogP contribution in [0.5, 0.6) is 0 Å². The van der Waals surface area contributed by atoms with Gasteiger partial charge in [-0.1, -0.05) is 0 Å². The number of carbonyl (C=O) groups is 3. The fraction of sp³-hybridized carbons (Fsp3) is 0.591. The second kappa shape index (κ2) is 9.36. The number of primary amides is 1. The van der Waals surface area contributed by atoms with Gasteiger partial charge in [-0.25, -0.2) is 9.97 Å². The normalized spacial score (nSPS) is 22.9. The van der Waals surface area contributed by atoms with Crippen molar-refractivity contribution in [3.8, 4) is 11.4 Å². The van der Waals surface area contributed by atoms with Gasteiger partial charge in [-0.05, 0) is 57.0 Å². The van der Waals surface area contributed by atoms with Crippen LogP contribution in [0.1, 0.15) is 57.6 Å². The van der Waals surface area contributed by atoms with E-state index >= 15 is 0 Å². The summed E-state index contributed by atoms with van der Waals surface area (Å²) in [6.07, 6.45) is -1.79. The lowest BCUT2D eigenvalue weighted by Gasteiger charge is -2.28. The number of carboxylic acid groups (broad SMARTS) is 1. The number of fused-ring (bicyclic) bond motifs is 1. The number of aromatic nitrogens is 3. The molecule has 3 aliphatic heterocycles. The average Bonchev–Trinajstić information content (AvgIpc) is 3.23. The molecule has 3 aliphatic rings. The predicted octanol–water partition coefficient (Wildman–Crippen LogP) is 1.79. The first-order valence-electron chi connectivity index (χ1n) is 10.9. The Morgan fingerprint density at radius 2 is 1.89 bits per heavy atom. The molecule has 192 valence electrons. The van der Waals surface area contributed by atoms with Gasteiger partial charge in [-0.3, -0.25) is 19.0 Å². The molecule has 0 saturated carbocycles. The number of aliphatic hydroxyl groups is 1. The van der Waals surface area contributed by atoms with Crippen LogP contribution in [-0.2, 0) is 19.1 Å². The number of nitrogens with two attached hydrogens (primary N) is 2. The van der Waals surface area contributed by atoms with Gasteiger partial charge >= 0.3 is 11.9 Å². The maximum Gasteiger partial charge on any atom is 0.311 e. The van der Waals surface area contributed by atoms with Crippen molar-refractivity contribution in [2.75, 3.05) is 12.3 Å². The Morgan fingerprint density at radius 3 is 2.43 bits per heavy atom.